The summed E-state index contributed by atoms with van der Waals surface area (Å²) in [7, 11) is -3.10. The van der Waals surface area contributed by atoms with Gasteiger partial charge in [0, 0.05) is 26.2 Å². The fourth-order valence-corrected chi connectivity index (χ4v) is 3.69. The first-order valence-corrected chi connectivity index (χ1v) is 8.33. The molecule has 0 aromatic rings. The molecule has 0 amide bonds. The zero-order chi connectivity index (χ0) is 13.4. The van der Waals surface area contributed by atoms with Crippen LogP contribution in [-0.2, 0) is 10.0 Å². The molecule has 0 aromatic carbocycles. The molecule has 0 bridgehead atoms. The van der Waals surface area contributed by atoms with E-state index in [0.29, 0.717) is 26.1 Å². The average molecular weight is 277 g/mol. The van der Waals surface area contributed by atoms with Crippen molar-refractivity contribution in [3.05, 3.63) is 6.42 Å². The van der Waals surface area contributed by atoms with Crippen LogP contribution in [0, 0.1) is 6.42 Å². The minimum absolute atomic E-state index is 0.00651. The molecule has 1 heterocycles. The van der Waals surface area contributed by atoms with Gasteiger partial charge < -0.3 is 5.11 Å². The highest BCUT2D eigenvalue weighted by atomic mass is 32.2. The van der Waals surface area contributed by atoms with E-state index in [0.717, 1.165) is 25.8 Å². The summed E-state index contributed by atoms with van der Waals surface area (Å²) < 4.78 is 25.7. The molecular formula is C12H25N2O3S. The van der Waals surface area contributed by atoms with Gasteiger partial charge in [0.2, 0.25) is 10.0 Å². The molecule has 0 atom stereocenters. The van der Waals surface area contributed by atoms with Crippen LogP contribution in [0.5, 0.6) is 0 Å². The van der Waals surface area contributed by atoms with Gasteiger partial charge >= 0.3 is 0 Å². The molecule has 1 fully saturated rings. The molecule has 0 spiro atoms. The van der Waals surface area contributed by atoms with Gasteiger partial charge in [0.15, 0.2) is 0 Å². The van der Waals surface area contributed by atoms with E-state index in [4.69, 9.17) is 5.11 Å². The normalized spacial score (nSPS) is 18.4. The summed E-state index contributed by atoms with van der Waals surface area (Å²) in [5.41, 5.74) is 0. The van der Waals surface area contributed by atoms with Crippen molar-refractivity contribution in [3.8, 4) is 0 Å². The largest absolute Gasteiger partial charge is 0.381 e. The van der Waals surface area contributed by atoms with Gasteiger partial charge in [0.25, 0.3) is 0 Å². The molecule has 107 valence electrons. The lowest BCUT2D eigenvalue weighted by Gasteiger charge is -2.26. The molecule has 1 saturated heterocycles. The van der Waals surface area contributed by atoms with Crippen molar-refractivity contribution in [1.82, 2.24) is 9.21 Å². The first-order valence-electron chi connectivity index (χ1n) is 6.73. The Kier molecular flexibility index (Phi) is 7.14. The van der Waals surface area contributed by atoms with E-state index in [9.17, 15) is 8.42 Å². The summed E-state index contributed by atoms with van der Waals surface area (Å²) in [6.07, 6.45) is 5.41. The lowest BCUT2D eigenvalue weighted by molar-refractivity contribution is 0.107. The van der Waals surface area contributed by atoms with Crippen molar-refractivity contribution in [2.75, 3.05) is 38.7 Å². The maximum absolute atomic E-state index is 12.0. The molecule has 1 aliphatic heterocycles. The molecule has 0 unspecified atom stereocenters. The van der Waals surface area contributed by atoms with Gasteiger partial charge in [0.05, 0.1) is 12.5 Å². The third-order valence-electron chi connectivity index (χ3n) is 3.18. The number of piperidine rings is 1. The van der Waals surface area contributed by atoms with Crippen molar-refractivity contribution in [2.24, 2.45) is 0 Å². The molecule has 1 aliphatic rings. The molecule has 5 nitrogen and oxygen atoms in total. The number of nitrogens with zero attached hydrogens (tertiary/aromatic N) is 2. The highest BCUT2D eigenvalue weighted by molar-refractivity contribution is 7.89. The van der Waals surface area contributed by atoms with Crippen LogP contribution >= 0.6 is 0 Å². The SMILES string of the molecule is CCCN(CO)CCCS(=O)(=O)N1CC[CH]CC1. The minimum Gasteiger partial charge on any atom is -0.381 e. The Morgan fingerprint density at radius 1 is 1.28 bits per heavy atom. The van der Waals surface area contributed by atoms with Crippen LogP contribution in [0.1, 0.15) is 32.6 Å². The summed E-state index contributed by atoms with van der Waals surface area (Å²) >= 11 is 0. The highest BCUT2D eigenvalue weighted by Gasteiger charge is 2.23. The van der Waals surface area contributed by atoms with Crippen LogP contribution in [0.2, 0.25) is 0 Å². The molecule has 1 N–H and O–H groups in total. The molecule has 18 heavy (non-hydrogen) atoms. The third-order valence-corrected chi connectivity index (χ3v) is 5.13. The van der Waals surface area contributed by atoms with Crippen LogP contribution in [0.4, 0.5) is 0 Å². The van der Waals surface area contributed by atoms with Crippen LogP contribution in [0.15, 0.2) is 0 Å². The van der Waals surface area contributed by atoms with Crippen molar-refractivity contribution < 1.29 is 13.5 Å². The Bertz CT molecular complexity index is 313. The van der Waals surface area contributed by atoms with E-state index in [-0.39, 0.29) is 12.5 Å². The van der Waals surface area contributed by atoms with Crippen LogP contribution in [-0.4, -0.2) is 61.4 Å². The average Bonchev–Trinajstić information content (AvgIpc) is 2.38. The summed E-state index contributed by atoms with van der Waals surface area (Å²) in [6.45, 7) is 4.76. The maximum atomic E-state index is 12.0. The summed E-state index contributed by atoms with van der Waals surface area (Å²) in [5, 5.41) is 9.10. The Hall–Kier alpha value is -0.170. The van der Waals surface area contributed by atoms with Gasteiger partial charge in [-0.2, -0.15) is 0 Å². The van der Waals surface area contributed by atoms with Crippen molar-refractivity contribution in [1.29, 1.82) is 0 Å². The second-order valence-electron chi connectivity index (χ2n) is 4.69. The molecule has 1 radical (unpaired) electrons. The lowest BCUT2D eigenvalue weighted by Crippen LogP contribution is -2.38. The number of sulfonamides is 1. The number of hydrogen-bond acceptors (Lipinski definition) is 4. The van der Waals surface area contributed by atoms with Crippen LogP contribution in [0.3, 0.4) is 0 Å². The lowest BCUT2D eigenvalue weighted by atomic mass is 10.2. The fourth-order valence-electron chi connectivity index (χ4n) is 2.17. The van der Waals surface area contributed by atoms with Gasteiger partial charge in [-0.05, 0) is 32.1 Å². The van der Waals surface area contributed by atoms with Crippen LogP contribution < -0.4 is 0 Å². The molecule has 0 aromatic heterocycles. The first kappa shape index (κ1) is 15.9. The van der Waals surface area contributed by atoms with Crippen molar-refractivity contribution in [3.63, 3.8) is 0 Å². The summed E-state index contributed by atoms with van der Waals surface area (Å²) in [6, 6.07) is 0. The van der Waals surface area contributed by atoms with E-state index in [1.54, 1.807) is 4.31 Å². The van der Waals surface area contributed by atoms with Gasteiger partial charge in [0.1, 0.15) is 0 Å². The van der Waals surface area contributed by atoms with Crippen molar-refractivity contribution in [2.45, 2.75) is 32.6 Å². The fraction of sp³-hybridized carbons (Fsp3) is 0.917. The molecular weight excluding hydrogens is 252 g/mol. The standard InChI is InChI=1S/C12H25N2O3S/c1-2-7-13(12-15)8-6-11-18(16,17)14-9-4-3-5-10-14/h3,15H,2,4-12H2,1H3. The zero-order valence-electron chi connectivity index (χ0n) is 11.2. The first-order chi connectivity index (χ1) is 8.60. The zero-order valence-corrected chi connectivity index (χ0v) is 12.0. The minimum atomic E-state index is -3.10. The number of aliphatic hydroxyl groups excluding tert-OH is 1. The molecule has 6 heteroatoms. The molecule has 1 rings (SSSR count). The number of aliphatic hydroxyl groups is 1. The topological polar surface area (TPSA) is 60.9 Å². The van der Waals surface area contributed by atoms with E-state index >= 15 is 0 Å². The number of hydrogen-bond donors (Lipinski definition) is 1. The van der Waals surface area contributed by atoms with Gasteiger partial charge in [-0.25, -0.2) is 12.7 Å². The predicted octanol–water partition coefficient (Wildman–Crippen LogP) is 0.668. The monoisotopic (exact) mass is 277 g/mol. The Morgan fingerprint density at radius 2 is 1.94 bits per heavy atom. The molecule has 0 saturated carbocycles. The quantitative estimate of drug-likeness (QED) is 0.662. The Labute approximate surface area is 111 Å². The second-order valence-corrected chi connectivity index (χ2v) is 6.78. The Morgan fingerprint density at radius 3 is 2.50 bits per heavy atom. The van der Waals surface area contributed by atoms with Gasteiger partial charge in [-0.1, -0.05) is 6.92 Å². The smallest absolute Gasteiger partial charge is 0.214 e. The third kappa shape index (κ3) is 5.22. The van der Waals surface area contributed by atoms with Gasteiger partial charge in [-0.15, -0.1) is 0 Å². The highest BCUT2D eigenvalue weighted by Crippen LogP contribution is 2.13. The number of rotatable bonds is 8. The second kappa shape index (κ2) is 8.09. The van der Waals surface area contributed by atoms with Crippen molar-refractivity contribution >= 4 is 10.0 Å². The summed E-state index contributed by atoms with van der Waals surface area (Å²) in [4.78, 5) is 1.87. The predicted molar refractivity (Wildman–Crippen MR) is 72.5 cm³/mol. The summed E-state index contributed by atoms with van der Waals surface area (Å²) in [5.74, 6) is 0.188. The van der Waals surface area contributed by atoms with Gasteiger partial charge in [-0.3, -0.25) is 4.90 Å². The molecule has 0 aliphatic carbocycles. The van der Waals surface area contributed by atoms with Crippen LogP contribution in [0.25, 0.3) is 0 Å². The van der Waals surface area contributed by atoms with E-state index in [1.807, 2.05) is 11.8 Å². The Balaban J connectivity index is 2.32. The van der Waals surface area contributed by atoms with E-state index < -0.39 is 10.0 Å². The van der Waals surface area contributed by atoms with E-state index in [1.165, 1.54) is 0 Å². The maximum Gasteiger partial charge on any atom is 0.214 e. The van der Waals surface area contributed by atoms with E-state index in [2.05, 4.69) is 6.42 Å².